The fourth-order valence-corrected chi connectivity index (χ4v) is 4.26. The number of hydrogen-bond acceptors (Lipinski definition) is 2. The quantitative estimate of drug-likeness (QED) is 0.364. The van der Waals surface area contributed by atoms with Crippen LogP contribution in [0.4, 0.5) is 13.2 Å². The second-order valence-corrected chi connectivity index (χ2v) is 7.85. The lowest BCUT2D eigenvalue weighted by Crippen LogP contribution is -2.43. The second kappa shape index (κ2) is 7.21. The molecule has 3 nitrogen and oxygen atoms in total. The highest BCUT2D eigenvalue weighted by Gasteiger charge is 2.57. The van der Waals surface area contributed by atoms with Crippen LogP contribution in [0.25, 0.3) is 27.4 Å². The highest BCUT2D eigenvalue weighted by Crippen LogP contribution is 2.47. The van der Waals surface area contributed by atoms with Gasteiger partial charge < -0.3 is 5.11 Å². The molecule has 160 valence electrons. The number of para-hydroxylation sites is 1. The Morgan fingerprint density at radius 1 is 0.812 bits per heavy atom. The Kier molecular flexibility index (Phi) is 4.57. The molecule has 0 saturated heterocycles. The molecule has 0 spiro atoms. The number of aromatic nitrogens is 2. The molecule has 0 aliphatic carbocycles. The average molecular weight is 432 g/mol. The molecule has 5 aromatic rings. The van der Waals surface area contributed by atoms with Crippen molar-refractivity contribution in [3.05, 3.63) is 108 Å². The van der Waals surface area contributed by atoms with E-state index in [1.165, 1.54) is 30.5 Å². The molecule has 0 saturated carbocycles. The van der Waals surface area contributed by atoms with Gasteiger partial charge in [-0.3, -0.25) is 0 Å². The molecule has 0 radical (unpaired) electrons. The Morgan fingerprint density at radius 2 is 1.53 bits per heavy atom. The topological polar surface area (TPSA) is 38.0 Å². The van der Waals surface area contributed by atoms with Crippen LogP contribution in [0.1, 0.15) is 16.7 Å². The van der Waals surface area contributed by atoms with Gasteiger partial charge in [0, 0.05) is 10.9 Å². The molecule has 1 atom stereocenters. The summed E-state index contributed by atoms with van der Waals surface area (Å²) in [5, 5.41) is 17.1. The van der Waals surface area contributed by atoms with Gasteiger partial charge in [0.1, 0.15) is 0 Å². The summed E-state index contributed by atoms with van der Waals surface area (Å²) in [5.74, 6) is 0. The number of benzene rings is 4. The minimum Gasteiger partial charge on any atom is -0.372 e. The van der Waals surface area contributed by atoms with Crippen LogP contribution in [0.15, 0.2) is 91.1 Å². The molecule has 6 heteroatoms. The van der Waals surface area contributed by atoms with Crippen LogP contribution in [-0.4, -0.2) is 21.1 Å². The maximum atomic E-state index is 14.5. The monoisotopic (exact) mass is 432 g/mol. The zero-order valence-electron chi connectivity index (χ0n) is 17.1. The van der Waals surface area contributed by atoms with Crippen molar-refractivity contribution >= 4 is 21.7 Å². The molecule has 0 bridgehead atoms. The van der Waals surface area contributed by atoms with E-state index >= 15 is 0 Å². The number of hydrogen-bond donors (Lipinski definition) is 1. The number of rotatable bonds is 3. The first kappa shape index (κ1) is 20.3. The third-order valence-electron chi connectivity index (χ3n) is 5.92. The highest BCUT2D eigenvalue weighted by atomic mass is 19.4. The number of nitrogens with zero attached hydrogens (tertiary/aromatic N) is 2. The summed E-state index contributed by atoms with van der Waals surface area (Å²) in [6, 6.07) is 23.2. The minimum atomic E-state index is -4.93. The lowest BCUT2D eigenvalue weighted by atomic mass is 9.82. The van der Waals surface area contributed by atoms with E-state index in [2.05, 4.69) is 5.10 Å². The van der Waals surface area contributed by atoms with E-state index in [-0.39, 0.29) is 11.1 Å². The smallest absolute Gasteiger partial charge is 0.372 e. The maximum absolute atomic E-state index is 14.5. The Bertz CT molecular complexity index is 1450. The summed E-state index contributed by atoms with van der Waals surface area (Å²) < 4.78 is 45.1. The standard InChI is InChI=1S/C26H19F3N2O/c1-17-7-2-5-12-23(17)31-24-14-13-20(15-19(24)16-30-31)25(32,26(27,28)29)22-11-6-9-18-8-3-4-10-21(18)22/h2-16,32H,1H3. The highest BCUT2D eigenvalue weighted by molar-refractivity contribution is 5.88. The fraction of sp³-hybridized carbons (Fsp3) is 0.115. The van der Waals surface area contributed by atoms with E-state index < -0.39 is 11.8 Å². The first-order chi connectivity index (χ1) is 15.3. The predicted octanol–water partition coefficient (Wildman–Crippen LogP) is 6.29. The summed E-state index contributed by atoms with van der Waals surface area (Å²) in [7, 11) is 0. The van der Waals surface area contributed by atoms with Gasteiger partial charge in [-0.05, 0) is 47.0 Å². The predicted molar refractivity (Wildman–Crippen MR) is 119 cm³/mol. The van der Waals surface area contributed by atoms with E-state index in [1.54, 1.807) is 41.1 Å². The zero-order valence-corrected chi connectivity index (χ0v) is 17.1. The maximum Gasteiger partial charge on any atom is 0.425 e. The molecule has 0 aliphatic rings. The third kappa shape index (κ3) is 2.99. The van der Waals surface area contributed by atoms with Gasteiger partial charge >= 0.3 is 6.18 Å². The van der Waals surface area contributed by atoms with Crippen LogP contribution < -0.4 is 0 Å². The lowest BCUT2D eigenvalue weighted by Gasteiger charge is -2.32. The number of aryl methyl sites for hydroxylation is 1. The van der Waals surface area contributed by atoms with Crippen LogP contribution in [0.5, 0.6) is 0 Å². The Morgan fingerprint density at radius 3 is 2.31 bits per heavy atom. The van der Waals surface area contributed by atoms with E-state index in [0.29, 0.717) is 21.7 Å². The van der Waals surface area contributed by atoms with E-state index in [1.807, 2.05) is 31.2 Å². The van der Waals surface area contributed by atoms with E-state index in [9.17, 15) is 18.3 Å². The molecule has 5 rings (SSSR count). The van der Waals surface area contributed by atoms with Gasteiger partial charge in [0.15, 0.2) is 0 Å². The van der Waals surface area contributed by atoms with Gasteiger partial charge in [-0.2, -0.15) is 18.3 Å². The van der Waals surface area contributed by atoms with Gasteiger partial charge in [-0.25, -0.2) is 4.68 Å². The van der Waals surface area contributed by atoms with Crippen molar-refractivity contribution in [3.8, 4) is 5.69 Å². The molecular weight excluding hydrogens is 413 g/mol. The number of alkyl halides is 3. The molecule has 4 aromatic carbocycles. The fourth-order valence-electron chi connectivity index (χ4n) is 4.26. The molecule has 0 fully saturated rings. The van der Waals surface area contributed by atoms with Gasteiger partial charge in [0.25, 0.3) is 0 Å². The van der Waals surface area contributed by atoms with Crippen LogP contribution >= 0.6 is 0 Å². The third-order valence-corrected chi connectivity index (χ3v) is 5.92. The molecule has 0 aliphatic heterocycles. The first-order valence-corrected chi connectivity index (χ1v) is 10.1. The molecule has 1 N–H and O–H groups in total. The average Bonchev–Trinajstić information content (AvgIpc) is 3.21. The Labute approximate surface area is 182 Å². The lowest BCUT2D eigenvalue weighted by molar-refractivity contribution is -0.247. The zero-order chi connectivity index (χ0) is 22.5. The normalized spacial score (nSPS) is 14.0. The summed E-state index contributed by atoms with van der Waals surface area (Å²) in [6.07, 6.45) is -3.41. The van der Waals surface area contributed by atoms with Crippen molar-refractivity contribution in [3.63, 3.8) is 0 Å². The van der Waals surface area contributed by atoms with E-state index in [4.69, 9.17) is 0 Å². The van der Waals surface area contributed by atoms with Crippen molar-refractivity contribution in [1.82, 2.24) is 9.78 Å². The Hall–Kier alpha value is -3.64. The molecule has 1 unspecified atom stereocenters. The van der Waals surface area contributed by atoms with Gasteiger partial charge in [0.2, 0.25) is 5.60 Å². The number of halogens is 3. The van der Waals surface area contributed by atoms with Gasteiger partial charge in [-0.1, -0.05) is 66.7 Å². The summed E-state index contributed by atoms with van der Waals surface area (Å²) in [5.41, 5.74) is -1.13. The SMILES string of the molecule is Cc1ccccc1-n1ncc2cc(C(O)(c3cccc4ccccc34)C(F)(F)F)ccc21. The van der Waals surface area contributed by atoms with Crippen LogP contribution in [-0.2, 0) is 5.60 Å². The van der Waals surface area contributed by atoms with Crippen molar-refractivity contribution in [1.29, 1.82) is 0 Å². The van der Waals surface area contributed by atoms with Crippen LogP contribution in [0.2, 0.25) is 0 Å². The van der Waals surface area contributed by atoms with Crippen molar-refractivity contribution in [2.24, 2.45) is 0 Å². The Balaban J connectivity index is 1.73. The van der Waals surface area contributed by atoms with Crippen molar-refractivity contribution < 1.29 is 18.3 Å². The largest absolute Gasteiger partial charge is 0.425 e. The number of fused-ring (bicyclic) bond motifs is 2. The van der Waals surface area contributed by atoms with Gasteiger partial charge in [0.05, 0.1) is 17.4 Å². The van der Waals surface area contributed by atoms with Crippen LogP contribution in [0.3, 0.4) is 0 Å². The van der Waals surface area contributed by atoms with Crippen molar-refractivity contribution in [2.45, 2.75) is 18.7 Å². The second-order valence-electron chi connectivity index (χ2n) is 7.85. The summed E-state index contributed by atoms with van der Waals surface area (Å²) in [4.78, 5) is 0. The van der Waals surface area contributed by atoms with Crippen LogP contribution in [0, 0.1) is 6.92 Å². The molecule has 1 heterocycles. The molecule has 0 amide bonds. The first-order valence-electron chi connectivity index (χ1n) is 10.1. The minimum absolute atomic E-state index is 0.200. The number of aliphatic hydroxyl groups is 1. The molecule has 1 aromatic heterocycles. The summed E-state index contributed by atoms with van der Waals surface area (Å²) >= 11 is 0. The summed E-state index contributed by atoms with van der Waals surface area (Å²) in [6.45, 7) is 1.94. The molecule has 32 heavy (non-hydrogen) atoms. The van der Waals surface area contributed by atoms with Gasteiger partial charge in [-0.15, -0.1) is 0 Å². The molecular formula is C26H19F3N2O. The van der Waals surface area contributed by atoms with E-state index in [0.717, 1.165) is 11.3 Å². The van der Waals surface area contributed by atoms with Crippen molar-refractivity contribution in [2.75, 3.05) is 0 Å².